The first-order chi connectivity index (χ1) is 12.7. The fourth-order valence-electron chi connectivity index (χ4n) is 3.12. The highest BCUT2D eigenvalue weighted by atomic mass is 16.5. The van der Waals surface area contributed by atoms with E-state index >= 15 is 0 Å². The molecule has 0 atom stereocenters. The third kappa shape index (κ3) is 2.88. The molecule has 0 saturated carbocycles. The fraction of sp³-hybridized carbons (Fsp3) is 0.143. The Morgan fingerprint density at radius 2 is 1.88 bits per heavy atom. The molecule has 0 saturated heterocycles. The Bertz CT molecular complexity index is 1110. The maximum absolute atomic E-state index is 12.6. The predicted octanol–water partition coefficient (Wildman–Crippen LogP) is 3.96. The van der Waals surface area contributed by atoms with Crippen LogP contribution in [0.4, 0.5) is 0 Å². The Morgan fingerprint density at radius 3 is 2.73 bits per heavy atom. The number of aromatic amines is 1. The zero-order chi connectivity index (χ0) is 18.1. The van der Waals surface area contributed by atoms with Crippen LogP contribution in [0.5, 0.6) is 5.75 Å². The third-order valence-electron chi connectivity index (χ3n) is 4.47. The quantitative estimate of drug-likeness (QED) is 0.588. The molecule has 0 radical (unpaired) electrons. The second-order valence-electron chi connectivity index (χ2n) is 6.24. The Hall–Kier alpha value is -3.34. The number of H-pyrrole nitrogens is 1. The number of hydrogen-bond donors (Lipinski definition) is 2. The van der Waals surface area contributed by atoms with Crippen LogP contribution in [-0.4, -0.2) is 23.0 Å². The summed E-state index contributed by atoms with van der Waals surface area (Å²) in [5, 5.41) is 4.94. The maximum atomic E-state index is 12.6. The van der Waals surface area contributed by atoms with Crippen molar-refractivity contribution in [3.8, 4) is 5.75 Å². The van der Waals surface area contributed by atoms with Gasteiger partial charge in [-0.05, 0) is 25.1 Å². The van der Waals surface area contributed by atoms with E-state index in [0.29, 0.717) is 12.2 Å². The lowest BCUT2D eigenvalue weighted by molar-refractivity contribution is 0.0946. The third-order valence-corrected chi connectivity index (χ3v) is 4.47. The highest BCUT2D eigenvalue weighted by molar-refractivity contribution is 6.07. The van der Waals surface area contributed by atoms with E-state index in [4.69, 9.17) is 4.74 Å². The average molecular weight is 345 g/mol. The second kappa shape index (κ2) is 6.52. The Balaban J connectivity index is 1.63. The lowest BCUT2D eigenvalue weighted by atomic mass is 10.1. The molecular weight excluding hydrogens is 326 g/mol. The van der Waals surface area contributed by atoms with Crippen LogP contribution < -0.4 is 10.1 Å². The molecule has 2 heterocycles. The van der Waals surface area contributed by atoms with Crippen molar-refractivity contribution >= 4 is 27.7 Å². The SMILES string of the molecule is COc1ccccc1CNC(=O)c1cc2ccc3ccc(C)[nH]c3c2n1. The Labute approximate surface area is 151 Å². The number of ether oxygens (including phenoxy) is 1. The van der Waals surface area contributed by atoms with E-state index < -0.39 is 0 Å². The van der Waals surface area contributed by atoms with Crippen molar-refractivity contribution in [3.05, 3.63) is 71.5 Å². The number of aryl methyl sites for hydroxylation is 1. The maximum Gasteiger partial charge on any atom is 0.270 e. The predicted molar refractivity (Wildman–Crippen MR) is 103 cm³/mol. The number of para-hydroxylation sites is 1. The summed E-state index contributed by atoms with van der Waals surface area (Å²) in [5.41, 5.74) is 4.15. The minimum absolute atomic E-state index is 0.201. The summed E-state index contributed by atoms with van der Waals surface area (Å²) >= 11 is 0. The second-order valence-corrected chi connectivity index (χ2v) is 6.24. The minimum Gasteiger partial charge on any atom is -0.496 e. The number of methoxy groups -OCH3 is 1. The summed E-state index contributed by atoms with van der Waals surface area (Å²) in [7, 11) is 1.62. The fourth-order valence-corrected chi connectivity index (χ4v) is 3.12. The number of hydrogen-bond acceptors (Lipinski definition) is 3. The number of aromatic nitrogens is 2. The number of carbonyl (C=O) groups excluding carboxylic acids is 1. The van der Waals surface area contributed by atoms with Crippen LogP contribution in [0.1, 0.15) is 21.7 Å². The largest absolute Gasteiger partial charge is 0.496 e. The first-order valence-corrected chi connectivity index (χ1v) is 8.45. The summed E-state index contributed by atoms with van der Waals surface area (Å²) in [4.78, 5) is 20.5. The van der Waals surface area contributed by atoms with Gasteiger partial charge in [0.2, 0.25) is 0 Å². The molecule has 0 aliphatic rings. The molecule has 0 spiro atoms. The molecule has 5 heteroatoms. The molecule has 26 heavy (non-hydrogen) atoms. The summed E-state index contributed by atoms with van der Waals surface area (Å²) in [6, 6.07) is 17.6. The monoisotopic (exact) mass is 345 g/mol. The molecule has 0 aliphatic carbocycles. The van der Waals surface area contributed by atoms with Gasteiger partial charge in [0.05, 0.1) is 18.1 Å². The van der Waals surface area contributed by atoms with Gasteiger partial charge >= 0.3 is 0 Å². The number of rotatable bonds is 4. The number of nitrogens with one attached hydrogen (secondary N) is 2. The van der Waals surface area contributed by atoms with Gasteiger partial charge in [-0.25, -0.2) is 4.98 Å². The van der Waals surface area contributed by atoms with Gasteiger partial charge in [0.1, 0.15) is 11.4 Å². The number of carbonyl (C=O) groups is 1. The molecule has 0 unspecified atom stereocenters. The average Bonchev–Trinajstić information content (AvgIpc) is 3.11. The molecule has 0 aliphatic heterocycles. The van der Waals surface area contributed by atoms with Crippen LogP contribution in [0, 0.1) is 6.92 Å². The summed E-state index contributed by atoms with van der Waals surface area (Å²) < 4.78 is 5.32. The highest BCUT2D eigenvalue weighted by Crippen LogP contribution is 2.24. The Kier molecular flexibility index (Phi) is 4.05. The van der Waals surface area contributed by atoms with E-state index in [9.17, 15) is 4.79 Å². The summed E-state index contributed by atoms with van der Waals surface area (Å²) in [6.07, 6.45) is 0. The molecule has 5 nitrogen and oxygen atoms in total. The molecular formula is C21H19N3O2. The van der Waals surface area contributed by atoms with E-state index in [1.807, 2.05) is 55.5 Å². The van der Waals surface area contributed by atoms with Crippen molar-refractivity contribution in [3.63, 3.8) is 0 Å². The smallest absolute Gasteiger partial charge is 0.270 e. The van der Waals surface area contributed by atoms with Crippen molar-refractivity contribution < 1.29 is 9.53 Å². The standard InChI is InChI=1S/C21H19N3O2/c1-13-7-8-14-9-10-15-11-17(24-20(15)19(14)23-13)21(25)22-12-16-5-3-4-6-18(16)26-2/h3-11,23H,12H2,1-2H3,(H,22,25). The minimum atomic E-state index is -0.201. The number of nitrogens with zero attached hydrogens (tertiary/aromatic N) is 1. The van der Waals surface area contributed by atoms with Crippen LogP contribution in [-0.2, 0) is 6.54 Å². The van der Waals surface area contributed by atoms with Crippen molar-refractivity contribution in [2.75, 3.05) is 7.11 Å². The van der Waals surface area contributed by atoms with E-state index in [2.05, 4.69) is 21.4 Å². The number of benzene rings is 2. The lowest BCUT2D eigenvalue weighted by Crippen LogP contribution is -2.23. The Morgan fingerprint density at radius 1 is 1.12 bits per heavy atom. The van der Waals surface area contributed by atoms with Crippen LogP contribution >= 0.6 is 0 Å². The first kappa shape index (κ1) is 16.1. The number of pyridine rings is 1. The van der Waals surface area contributed by atoms with Gasteiger partial charge < -0.3 is 15.0 Å². The topological polar surface area (TPSA) is 67.0 Å². The van der Waals surface area contributed by atoms with Gasteiger partial charge in [0.15, 0.2) is 0 Å². The zero-order valence-corrected chi connectivity index (χ0v) is 14.7. The molecule has 0 bridgehead atoms. The summed E-state index contributed by atoms with van der Waals surface area (Å²) in [6.45, 7) is 2.39. The molecule has 1 amide bonds. The van der Waals surface area contributed by atoms with Crippen LogP contribution in [0.3, 0.4) is 0 Å². The zero-order valence-electron chi connectivity index (χ0n) is 14.7. The van der Waals surface area contributed by atoms with Gasteiger partial charge in [-0.2, -0.15) is 0 Å². The molecule has 2 aromatic heterocycles. The molecule has 130 valence electrons. The van der Waals surface area contributed by atoms with E-state index in [0.717, 1.165) is 38.8 Å². The van der Waals surface area contributed by atoms with Crippen molar-refractivity contribution in [1.29, 1.82) is 0 Å². The molecule has 2 aromatic carbocycles. The van der Waals surface area contributed by atoms with Gasteiger partial charge in [-0.3, -0.25) is 4.79 Å². The molecule has 4 aromatic rings. The van der Waals surface area contributed by atoms with Crippen molar-refractivity contribution in [2.24, 2.45) is 0 Å². The van der Waals surface area contributed by atoms with E-state index in [-0.39, 0.29) is 5.91 Å². The molecule has 4 rings (SSSR count). The van der Waals surface area contributed by atoms with E-state index in [1.165, 1.54) is 0 Å². The van der Waals surface area contributed by atoms with Crippen LogP contribution in [0.2, 0.25) is 0 Å². The summed E-state index contributed by atoms with van der Waals surface area (Å²) in [5.74, 6) is 0.553. The molecule has 0 fully saturated rings. The van der Waals surface area contributed by atoms with Gasteiger partial charge in [-0.15, -0.1) is 0 Å². The lowest BCUT2D eigenvalue weighted by Gasteiger charge is -2.08. The first-order valence-electron chi connectivity index (χ1n) is 8.45. The van der Waals surface area contributed by atoms with Gasteiger partial charge in [-0.1, -0.05) is 36.4 Å². The van der Waals surface area contributed by atoms with Gasteiger partial charge in [0.25, 0.3) is 5.91 Å². The number of amides is 1. The number of fused-ring (bicyclic) bond motifs is 3. The van der Waals surface area contributed by atoms with Crippen LogP contribution in [0.15, 0.2) is 54.6 Å². The van der Waals surface area contributed by atoms with Crippen molar-refractivity contribution in [2.45, 2.75) is 13.5 Å². The van der Waals surface area contributed by atoms with Gasteiger partial charge in [0, 0.05) is 28.6 Å². The highest BCUT2D eigenvalue weighted by Gasteiger charge is 2.13. The van der Waals surface area contributed by atoms with Crippen molar-refractivity contribution in [1.82, 2.24) is 15.3 Å². The van der Waals surface area contributed by atoms with Crippen LogP contribution in [0.25, 0.3) is 21.8 Å². The molecule has 2 N–H and O–H groups in total. The normalized spacial score (nSPS) is 11.0. The van der Waals surface area contributed by atoms with E-state index in [1.54, 1.807) is 7.11 Å².